The van der Waals surface area contributed by atoms with Crippen LogP contribution in [0.5, 0.6) is 5.75 Å². The highest BCUT2D eigenvalue weighted by molar-refractivity contribution is 5.86. The number of amides is 1. The Morgan fingerprint density at radius 1 is 1.39 bits per heavy atom. The maximum Gasteiger partial charge on any atom is 0.258 e. The minimum Gasteiger partial charge on any atom is -0.480 e. The van der Waals surface area contributed by atoms with E-state index in [0.29, 0.717) is 17.7 Å². The number of H-pyrrole nitrogens is 1. The molecule has 2 rings (SSSR count). The number of hydrogen-bond acceptors (Lipinski definition) is 3. The second kappa shape index (κ2) is 4.91. The van der Waals surface area contributed by atoms with E-state index < -0.39 is 12.0 Å². The van der Waals surface area contributed by atoms with E-state index in [1.165, 1.54) is 6.07 Å². The summed E-state index contributed by atoms with van der Waals surface area (Å²) in [6.07, 6.45) is -0.169. The van der Waals surface area contributed by atoms with Gasteiger partial charge in [0.05, 0.1) is 5.52 Å². The van der Waals surface area contributed by atoms with Gasteiger partial charge in [-0.15, -0.1) is 0 Å². The number of hydrogen-bond donors (Lipinski definition) is 2. The molecule has 18 heavy (non-hydrogen) atoms. The number of nitrogens with one attached hydrogen (secondary N) is 1. The molecule has 0 spiro atoms. The fourth-order valence-electron chi connectivity index (χ4n) is 1.76. The molecule has 1 aromatic heterocycles. The van der Waals surface area contributed by atoms with Gasteiger partial charge in [0.25, 0.3) is 5.91 Å². The fourth-order valence-corrected chi connectivity index (χ4v) is 1.76. The number of aromatic nitrogens is 1. The van der Waals surface area contributed by atoms with Crippen molar-refractivity contribution in [3.8, 4) is 5.75 Å². The normalized spacial score (nSPS) is 12.3. The summed E-state index contributed by atoms with van der Waals surface area (Å²) in [5.74, 6) is 0.0355. The van der Waals surface area contributed by atoms with Gasteiger partial charge in [0.1, 0.15) is 5.75 Å². The van der Waals surface area contributed by atoms with Crippen molar-refractivity contribution in [1.82, 2.24) is 4.98 Å². The van der Waals surface area contributed by atoms with Crippen LogP contribution in [0, 0.1) is 0 Å². The van der Waals surface area contributed by atoms with Crippen LogP contribution >= 0.6 is 0 Å². The van der Waals surface area contributed by atoms with Crippen molar-refractivity contribution in [3.05, 3.63) is 40.7 Å². The Balaban J connectivity index is 2.45. The molecule has 0 saturated heterocycles. The van der Waals surface area contributed by atoms with Crippen molar-refractivity contribution in [2.24, 2.45) is 5.73 Å². The number of rotatable bonds is 4. The summed E-state index contributed by atoms with van der Waals surface area (Å²) in [5, 5.41) is 0.747. The summed E-state index contributed by atoms with van der Waals surface area (Å²) >= 11 is 0. The summed E-state index contributed by atoms with van der Waals surface area (Å²) < 4.78 is 5.58. The molecule has 3 N–H and O–H groups in total. The second-order valence-corrected chi connectivity index (χ2v) is 3.96. The van der Waals surface area contributed by atoms with Crippen LogP contribution in [0.2, 0.25) is 0 Å². The van der Waals surface area contributed by atoms with E-state index in [9.17, 15) is 9.59 Å². The van der Waals surface area contributed by atoms with Crippen LogP contribution in [-0.2, 0) is 4.79 Å². The zero-order valence-electron chi connectivity index (χ0n) is 9.97. The third kappa shape index (κ3) is 2.34. The number of pyridine rings is 1. The van der Waals surface area contributed by atoms with Crippen molar-refractivity contribution < 1.29 is 9.53 Å². The van der Waals surface area contributed by atoms with Crippen LogP contribution in [-0.4, -0.2) is 17.0 Å². The van der Waals surface area contributed by atoms with E-state index >= 15 is 0 Å². The van der Waals surface area contributed by atoms with Crippen LogP contribution < -0.4 is 16.0 Å². The van der Waals surface area contributed by atoms with Gasteiger partial charge < -0.3 is 15.5 Å². The van der Waals surface area contributed by atoms with Gasteiger partial charge in [0, 0.05) is 11.5 Å². The molecule has 1 amide bonds. The van der Waals surface area contributed by atoms with Gasteiger partial charge in [-0.05, 0) is 24.6 Å². The summed E-state index contributed by atoms with van der Waals surface area (Å²) in [5.41, 5.74) is 5.73. The van der Waals surface area contributed by atoms with Crippen LogP contribution in [0.25, 0.3) is 10.9 Å². The van der Waals surface area contributed by atoms with E-state index in [0.717, 1.165) is 5.39 Å². The highest BCUT2D eigenvalue weighted by Crippen LogP contribution is 2.24. The first-order valence-corrected chi connectivity index (χ1v) is 5.70. The van der Waals surface area contributed by atoms with Crippen LogP contribution in [0.4, 0.5) is 0 Å². The molecule has 1 unspecified atom stereocenters. The molecule has 94 valence electrons. The van der Waals surface area contributed by atoms with Gasteiger partial charge in [-0.2, -0.15) is 0 Å². The smallest absolute Gasteiger partial charge is 0.258 e. The summed E-state index contributed by atoms with van der Waals surface area (Å²) in [6, 6.07) is 8.35. The molecule has 1 aromatic carbocycles. The quantitative estimate of drug-likeness (QED) is 0.849. The average molecular weight is 246 g/mol. The van der Waals surface area contributed by atoms with Crippen LogP contribution in [0.15, 0.2) is 35.1 Å². The van der Waals surface area contributed by atoms with Crippen LogP contribution in [0.3, 0.4) is 0 Å². The lowest BCUT2D eigenvalue weighted by Crippen LogP contribution is -2.33. The lowest BCUT2D eigenvalue weighted by atomic mass is 10.2. The van der Waals surface area contributed by atoms with Crippen LogP contribution in [0.1, 0.15) is 13.3 Å². The molecule has 0 aliphatic heterocycles. The van der Waals surface area contributed by atoms with Crippen molar-refractivity contribution in [2.75, 3.05) is 0 Å². The Kier molecular flexibility index (Phi) is 3.32. The summed E-state index contributed by atoms with van der Waals surface area (Å²) in [4.78, 5) is 25.1. The molecular weight excluding hydrogens is 232 g/mol. The number of aromatic amines is 1. The first-order chi connectivity index (χ1) is 8.61. The van der Waals surface area contributed by atoms with Crippen molar-refractivity contribution in [2.45, 2.75) is 19.4 Å². The number of benzene rings is 1. The molecule has 0 radical (unpaired) electrons. The molecular formula is C13H14N2O3. The minimum atomic E-state index is -0.664. The Bertz CT molecular complexity index is 633. The lowest BCUT2D eigenvalue weighted by molar-refractivity contribution is -0.124. The third-order valence-corrected chi connectivity index (χ3v) is 2.68. The SMILES string of the molecule is CCC(Oc1cccc2[nH]c(=O)ccc12)C(N)=O. The molecule has 0 bridgehead atoms. The molecule has 0 aliphatic rings. The third-order valence-electron chi connectivity index (χ3n) is 2.68. The summed E-state index contributed by atoms with van der Waals surface area (Å²) in [6.45, 7) is 1.82. The largest absolute Gasteiger partial charge is 0.480 e. The predicted octanol–water partition coefficient (Wildman–Crippen LogP) is 1.17. The monoisotopic (exact) mass is 246 g/mol. The van der Waals surface area contributed by atoms with Crippen molar-refractivity contribution in [3.63, 3.8) is 0 Å². The zero-order chi connectivity index (χ0) is 13.1. The van der Waals surface area contributed by atoms with Crippen molar-refractivity contribution >= 4 is 16.8 Å². The van der Waals surface area contributed by atoms with E-state index in [-0.39, 0.29) is 5.56 Å². The maximum atomic E-state index is 11.2. The topological polar surface area (TPSA) is 85.2 Å². The molecule has 1 heterocycles. The van der Waals surface area contributed by atoms with E-state index in [4.69, 9.17) is 10.5 Å². The number of carbonyl (C=O) groups is 1. The van der Waals surface area contributed by atoms with Gasteiger partial charge in [-0.3, -0.25) is 9.59 Å². The zero-order valence-corrected chi connectivity index (χ0v) is 9.97. The second-order valence-electron chi connectivity index (χ2n) is 3.96. The molecule has 2 aromatic rings. The number of fused-ring (bicyclic) bond motifs is 1. The average Bonchev–Trinajstić information content (AvgIpc) is 2.35. The Labute approximate surface area is 104 Å². The molecule has 5 heteroatoms. The van der Waals surface area contributed by atoms with Gasteiger partial charge in [-0.1, -0.05) is 13.0 Å². The number of ether oxygens (including phenoxy) is 1. The maximum absolute atomic E-state index is 11.2. The Morgan fingerprint density at radius 3 is 2.83 bits per heavy atom. The first kappa shape index (κ1) is 12.2. The van der Waals surface area contributed by atoms with E-state index in [2.05, 4.69) is 4.98 Å². The number of carbonyl (C=O) groups excluding carboxylic acids is 1. The molecule has 5 nitrogen and oxygen atoms in total. The highest BCUT2D eigenvalue weighted by atomic mass is 16.5. The fraction of sp³-hybridized carbons (Fsp3) is 0.231. The predicted molar refractivity (Wildman–Crippen MR) is 68.5 cm³/mol. The molecule has 0 aliphatic carbocycles. The Morgan fingerprint density at radius 2 is 2.17 bits per heavy atom. The molecule has 0 fully saturated rings. The Hall–Kier alpha value is -2.30. The lowest BCUT2D eigenvalue weighted by Gasteiger charge is -2.15. The van der Waals surface area contributed by atoms with Gasteiger partial charge in [0.15, 0.2) is 6.10 Å². The molecule has 0 saturated carbocycles. The number of nitrogens with two attached hydrogens (primary N) is 1. The first-order valence-electron chi connectivity index (χ1n) is 5.70. The highest BCUT2D eigenvalue weighted by Gasteiger charge is 2.15. The van der Waals surface area contributed by atoms with Gasteiger partial charge >= 0.3 is 0 Å². The van der Waals surface area contributed by atoms with Crippen molar-refractivity contribution in [1.29, 1.82) is 0 Å². The molecule has 1 atom stereocenters. The van der Waals surface area contributed by atoms with E-state index in [1.807, 2.05) is 6.92 Å². The standard InChI is InChI=1S/C13H14N2O3/c1-2-10(13(14)17)18-11-5-3-4-9-8(11)6-7-12(16)15-9/h3-7,10H,2H2,1H3,(H2,14,17)(H,15,16). The minimum absolute atomic E-state index is 0.179. The summed E-state index contributed by atoms with van der Waals surface area (Å²) in [7, 11) is 0. The number of primary amides is 1. The van der Waals surface area contributed by atoms with Gasteiger partial charge in [-0.25, -0.2) is 0 Å². The van der Waals surface area contributed by atoms with E-state index in [1.54, 1.807) is 24.3 Å². The van der Waals surface area contributed by atoms with Gasteiger partial charge in [0.2, 0.25) is 5.56 Å².